The van der Waals surface area contributed by atoms with E-state index >= 15 is 0 Å². The van der Waals surface area contributed by atoms with Gasteiger partial charge in [-0.15, -0.1) is 10.2 Å². The zero-order valence-corrected chi connectivity index (χ0v) is 12.6. The second-order valence-corrected chi connectivity index (χ2v) is 5.14. The summed E-state index contributed by atoms with van der Waals surface area (Å²) in [5, 5.41) is 10.2. The highest BCUT2D eigenvalue weighted by molar-refractivity contribution is 6.34. The van der Waals surface area contributed by atoms with Gasteiger partial charge in [-0.05, 0) is 12.5 Å². The smallest absolute Gasteiger partial charge is 0.254 e. The van der Waals surface area contributed by atoms with Gasteiger partial charge < -0.3 is 5.32 Å². The number of rotatable bonds is 8. The predicted octanol–water partition coefficient (Wildman–Crippen LogP) is 3.87. The first kappa shape index (κ1) is 16.2. The topological polar surface area (TPSA) is 54.9 Å². The van der Waals surface area contributed by atoms with Crippen molar-refractivity contribution in [3.8, 4) is 0 Å². The minimum atomic E-state index is -0.254. The van der Waals surface area contributed by atoms with Crippen LogP contribution in [0.3, 0.4) is 0 Å². The summed E-state index contributed by atoms with van der Waals surface area (Å²) in [7, 11) is 0. The summed E-state index contributed by atoms with van der Waals surface area (Å²) in [5.74, 6) is -0.254. The van der Waals surface area contributed by atoms with Crippen LogP contribution in [0.25, 0.3) is 0 Å². The second-order valence-electron chi connectivity index (χ2n) is 4.40. The van der Waals surface area contributed by atoms with Gasteiger partial charge in [0.1, 0.15) is 0 Å². The number of hydrogen-bond donors (Lipinski definition) is 1. The maximum atomic E-state index is 11.8. The standard InChI is InChI=1S/C13H19Cl2N3O/c1-2-3-4-5-6-7-8-16-13(19)10-9-11(14)17-18-12(10)15/h9H,2-8H2,1H3,(H,16,19). The molecule has 106 valence electrons. The van der Waals surface area contributed by atoms with Crippen LogP contribution in [-0.4, -0.2) is 22.6 Å². The fraction of sp³-hybridized carbons (Fsp3) is 0.615. The van der Waals surface area contributed by atoms with E-state index in [9.17, 15) is 4.79 Å². The maximum Gasteiger partial charge on any atom is 0.254 e. The van der Waals surface area contributed by atoms with E-state index in [4.69, 9.17) is 23.2 Å². The Morgan fingerprint density at radius 2 is 1.84 bits per heavy atom. The first-order valence-corrected chi connectivity index (χ1v) is 7.37. The number of halogens is 2. The lowest BCUT2D eigenvalue weighted by atomic mass is 10.1. The number of unbranched alkanes of at least 4 members (excludes halogenated alkanes) is 5. The molecule has 0 radical (unpaired) electrons. The van der Waals surface area contributed by atoms with Crippen LogP contribution in [0.2, 0.25) is 10.3 Å². The van der Waals surface area contributed by atoms with Crippen LogP contribution < -0.4 is 5.32 Å². The van der Waals surface area contributed by atoms with Crippen molar-refractivity contribution in [2.75, 3.05) is 6.54 Å². The molecule has 0 aliphatic carbocycles. The molecule has 1 amide bonds. The molecule has 1 N–H and O–H groups in total. The largest absolute Gasteiger partial charge is 0.352 e. The Hall–Kier alpha value is -0.870. The highest BCUT2D eigenvalue weighted by atomic mass is 35.5. The molecule has 0 fully saturated rings. The van der Waals surface area contributed by atoms with Crippen LogP contribution in [-0.2, 0) is 0 Å². The molecule has 19 heavy (non-hydrogen) atoms. The summed E-state index contributed by atoms with van der Waals surface area (Å²) >= 11 is 11.5. The normalized spacial score (nSPS) is 10.5. The zero-order chi connectivity index (χ0) is 14.1. The molecule has 0 aromatic carbocycles. The molecule has 0 aliphatic heterocycles. The molecule has 0 aliphatic rings. The van der Waals surface area contributed by atoms with E-state index in [0.717, 1.165) is 12.8 Å². The van der Waals surface area contributed by atoms with Gasteiger partial charge in [-0.25, -0.2) is 0 Å². The van der Waals surface area contributed by atoms with Gasteiger partial charge in [0.2, 0.25) is 0 Å². The van der Waals surface area contributed by atoms with E-state index in [2.05, 4.69) is 22.4 Å². The summed E-state index contributed by atoms with van der Waals surface area (Å²) in [6.45, 7) is 2.83. The van der Waals surface area contributed by atoms with Gasteiger partial charge in [-0.1, -0.05) is 62.2 Å². The fourth-order valence-corrected chi connectivity index (χ4v) is 2.04. The van der Waals surface area contributed by atoms with E-state index in [-0.39, 0.29) is 21.8 Å². The van der Waals surface area contributed by atoms with Crippen LogP contribution in [0.5, 0.6) is 0 Å². The Labute approximate surface area is 123 Å². The molecule has 0 unspecified atom stereocenters. The number of amides is 1. The van der Waals surface area contributed by atoms with E-state index in [1.807, 2.05) is 0 Å². The molecule has 1 aromatic rings. The molecule has 0 saturated heterocycles. The van der Waals surface area contributed by atoms with Gasteiger partial charge in [-0.3, -0.25) is 4.79 Å². The van der Waals surface area contributed by atoms with Crippen LogP contribution in [0.15, 0.2) is 6.07 Å². The van der Waals surface area contributed by atoms with Crippen molar-refractivity contribution < 1.29 is 4.79 Å². The van der Waals surface area contributed by atoms with Gasteiger partial charge in [0, 0.05) is 6.54 Å². The Morgan fingerprint density at radius 1 is 1.16 bits per heavy atom. The van der Waals surface area contributed by atoms with Gasteiger partial charge in [0.05, 0.1) is 5.56 Å². The lowest BCUT2D eigenvalue weighted by Gasteiger charge is -2.06. The van der Waals surface area contributed by atoms with E-state index in [0.29, 0.717) is 6.54 Å². The number of carbonyl (C=O) groups excluding carboxylic acids is 1. The Bertz CT molecular complexity index is 413. The first-order valence-electron chi connectivity index (χ1n) is 6.62. The summed E-state index contributed by atoms with van der Waals surface area (Å²) in [6, 6.07) is 1.42. The number of nitrogens with zero attached hydrogens (tertiary/aromatic N) is 2. The highest BCUT2D eigenvalue weighted by Gasteiger charge is 2.12. The van der Waals surface area contributed by atoms with Crippen molar-refractivity contribution in [1.29, 1.82) is 0 Å². The van der Waals surface area contributed by atoms with Crippen molar-refractivity contribution in [3.05, 3.63) is 21.9 Å². The third-order valence-corrected chi connectivity index (χ3v) is 3.24. The van der Waals surface area contributed by atoms with Gasteiger partial charge in [-0.2, -0.15) is 0 Å². The zero-order valence-electron chi connectivity index (χ0n) is 11.1. The van der Waals surface area contributed by atoms with E-state index in [1.165, 1.54) is 31.7 Å². The average Bonchev–Trinajstić information content (AvgIpc) is 2.40. The highest BCUT2D eigenvalue weighted by Crippen LogP contribution is 2.15. The van der Waals surface area contributed by atoms with Gasteiger partial charge >= 0.3 is 0 Å². The summed E-state index contributed by atoms with van der Waals surface area (Å²) in [5.41, 5.74) is 0.271. The fourth-order valence-electron chi connectivity index (χ4n) is 1.71. The van der Waals surface area contributed by atoms with Crippen molar-refractivity contribution >= 4 is 29.1 Å². The van der Waals surface area contributed by atoms with Crippen LogP contribution in [0.1, 0.15) is 55.8 Å². The summed E-state index contributed by atoms with van der Waals surface area (Å²) < 4.78 is 0. The quantitative estimate of drug-likeness (QED) is 0.742. The number of aromatic nitrogens is 2. The van der Waals surface area contributed by atoms with Crippen LogP contribution in [0.4, 0.5) is 0 Å². The Kier molecular flexibility index (Phi) is 7.75. The number of nitrogens with one attached hydrogen (secondary N) is 1. The summed E-state index contributed by atoms with van der Waals surface area (Å²) in [6.07, 6.45) is 7.10. The van der Waals surface area contributed by atoms with Crippen molar-refractivity contribution in [1.82, 2.24) is 15.5 Å². The molecule has 1 aromatic heterocycles. The monoisotopic (exact) mass is 303 g/mol. The van der Waals surface area contributed by atoms with Crippen molar-refractivity contribution in [3.63, 3.8) is 0 Å². The second kappa shape index (κ2) is 9.10. The Balaban J connectivity index is 2.26. The molecule has 6 heteroatoms. The maximum absolute atomic E-state index is 11.8. The average molecular weight is 304 g/mol. The molecule has 4 nitrogen and oxygen atoms in total. The lowest BCUT2D eigenvalue weighted by molar-refractivity contribution is 0.0952. The summed E-state index contributed by atoms with van der Waals surface area (Å²) in [4.78, 5) is 11.8. The Morgan fingerprint density at radius 3 is 2.58 bits per heavy atom. The van der Waals surface area contributed by atoms with Gasteiger partial charge in [0.15, 0.2) is 10.3 Å². The van der Waals surface area contributed by atoms with Crippen molar-refractivity contribution in [2.24, 2.45) is 0 Å². The number of carbonyl (C=O) groups is 1. The minimum Gasteiger partial charge on any atom is -0.352 e. The first-order chi connectivity index (χ1) is 9.15. The van der Waals surface area contributed by atoms with Crippen molar-refractivity contribution in [2.45, 2.75) is 45.4 Å². The minimum absolute atomic E-state index is 0.0739. The predicted molar refractivity (Wildman–Crippen MR) is 77.8 cm³/mol. The third-order valence-electron chi connectivity index (χ3n) is 2.78. The van der Waals surface area contributed by atoms with Gasteiger partial charge in [0.25, 0.3) is 5.91 Å². The van der Waals surface area contributed by atoms with Crippen LogP contribution >= 0.6 is 23.2 Å². The molecule has 0 bridgehead atoms. The van der Waals surface area contributed by atoms with E-state index in [1.54, 1.807) is 0 Å². The molecule has 0 atom stereocenters. The third kappa shape index (κ3) is 6.21. The molecule has 1 heterocycles. The van der Waals surface area contributed by atoms with E-state index < -0.39 is 0 Å². The molecule has 0 saturated carbocycles. The SMILES string of the molecule is CCCCCCCCNC(=O)c1cc(Cl)nnc1Cl. The molecule has 0 spiro atoms. The lowest BCUT2D eigenvalue weighted by Crippen LogP contribution is -2.25. The van der Waals surface area contributed by atoms with Crippen LogP contribution in [0, 0.1) is 0 Å². The molecular weight excluding hydrogens is 285 g/mol. The number of hydrogen-bond acceptors (Lipinski definition) is 3. The molecule has 1 rings (SSSR count). The molecular formula is C13H19Cl2N3O.